The number of thiocarbonyl (C=S) groups is 1. The summed E-state index contributed by atoms with van der Waals surface area (Å²) in [6.45, 7) is 1.22. The Labute approximate surface area is 146 Å². The van der Waals surface area contributed by atoms with Crippen LogP contribution in [0.15, 0.2) is 35.1 Å². The molecule has 0 radical (unpaired) electrons. The summed E-state index contributed by atoms with van der Waals surface area (Å²) >= 11 is 8.52. The first-order valence-electron chi connectivity index (χ1n) is 6.55. The molecule has 0 unspecified atom stereocenters. The van der Waals surface area contributed by atoms with Gasteiger partial charge in [-0.05, 0) is 34.2 Å². The third kappa shape index (κ3) is 4.89. The Morgan fingerprint density at radius 1 is 1.57 bits per heavy atom. The maximum atomic E-state index is 10.8. The molecule has 10 heteroatoms. The van der Waals surface area contributed by atoms with Gasteiger partial charge in [0.05, 0.1) is 41.0 Å². The molecule has 122 valence electrons. The molecule has 2 aromatic rings. The van der Waals surface area contributed by atoms with Crippen LogP contribution in [0, 0.1) is 10.1 Å². The molecular weight excluding hydrogens is 386 g/mol. The fourth-order valence-electron chi connectivity index (χ4n) is 1.81. The molecule has 0 spiro atoms. The highest BCUT2D eigenvalue weighted by Gasteiger charge is 2.12. The molecule has 0 saturated heterocycles. The van der Waals surface area contributed by atoms with Crippen molar-refractivity contribution in [2.75, 3.05) is 19.0 Å². The van der Waals surface area contributed by atoms with Gasteiger partial charge in [0.25, 0.3) is 5.69 Å². The summed E-state index contributed by atoms with van der Waals surface area (Å²) in [4.78, 5) is 10.3. The largest absolute Gasteiger partial charge is 0.494 e. The normalized spacial score (nSPS) is 10.2. The van der Waals surface area contributed by atoms with E-state index in [0.717, 1.165) is 4.47 Å². The third-order valence-corrected chi connectivity index (χ3v) is 3.53. The lowest BCUT2D eigenvalue weighted by Crippen LogP contribution is -2.31. The van der Waals surface area contributed by atoms with Crippen LogP contribution in [0.1, 0.15) is 0 Å². The van der Waals surface area contributed by atoms with Crippen LogP contribution < -0.4 is 15.4 Å². The number of rotatable bonds is 6. The molecule has 0 bridgehead atoms. The highest BCUT2D eigenvalue weighted by atomic mass is 79.9. The van der Waals surface area contributed by atoms with Gasteiger partial charge < -0.3 is 15.4 Å². The van der Waals surface area contributed by atoms with Crippen molar-refractivity contribution in [3.8, 4) is 5.75 Å². The summed E-state index contributed by atoms with van der Waals surface area (Å²) < 4.78 is 7.82. The van der Waals surface area contributed by atoms with E-state index >= 15 is 0 Å². The number of methoxy groups -OCH3 is 1. The summed E-state index contributed by atoms with van der Waals surface area (Å²) in [5.74, 6) is 0.347. The summed E-state index contributed by atoms with van der Waals surface area (Å²) in [5, 5.41) is 21.3. The molecule has 0 saturated carbocycles. The van der Waals surface area contributed by atoms with Gasteiger partial charge in [0.15, 0.2) is 5.11 Å². The summed E-state index contributed by atoms with van der Waals surface area (Å²) in [7, 11) is 1.44. The molecule has 1 heterocycles. The van der Waals surface area contributed by atoms with Gasteiger partial charge in [-0.15, -0.1) is 0 Å². The van der Waals surface area contributed by atoms with Crippen molar-refractivity contribution in [3.63, 3.8) is 0 Å². The Morgan fingerprint density at radius 2 is 2.35 bits per heavy atom. The van der Waals surface area contributed by atoms with E-state index < -0.39 is 4.92 Å². The van der Waals surface area contributed by atoms with Crippen molar-refractivity contribution in [2.24, 2.45) is 0 Å². The van der Waals surface area contributed by atoms with E-state index in [1.54, 1.807) is 16.9 Å². The summed E-state index contributed by atoms with van der Waals surface area (Å²) in [6, 6.07) is 4.27. The van der Waals surface area contributed by atoms with Crippen LogP contribution >= 0.6 is 28.1 Å². The number of hydrogen-bond donors (Lipinski definition) is 2. The highest BCUT2D eigenvalue weighted by Crippen LogP contribution is 2.28. The minimum atomic E-state index is -0.481. The van der Waals surface area contributed by atoms with E-state index in [1.807, 2.05) is 6.20 Å². The van der Waals surface area contributed by atoms with Crippen molar-refractivity contribution < 1.29 is 9.66 Å². The second-order valence-electron chi connectivity index (χ2n) is 4.44. The minimum Gasteiger partial charge on any atom is -0.494 e. The Hall–Kier alpha value is -2.20. The molecule has 1 aromatic carbocycles. The first kappa shape index (κ1) is 17.2. The predicted molar refractivity (Wildman–Crippen MR) is 93.8 cm³/mol. The summed E-state index contributed by atoms with van der Waals surface area (Å²) in [5.41, 5.74) is 0.507. The Morgan fingerprint density at radius 3 is 2.96 bits per heavy atom. The number of ether oxygens (including phenoxy) is 1. The number of anilines is 1. The molecule has 0 aliphatic heterocycles. The molecule has 0 aliphatic rings. The fourth-order valence-corrected chi connectivity index (χ4v) is 2.35. The molecular formula is C13H14BrN5O3S. The smallest absolute Gasteiger partial charge is 0.273 e. The number of nitro groups is 1. The van der Waals surface area contributed by atoms with Crippen LogP contribution in [0.4, 0.5) is 11.4 Å². The van der Waals surface area contributed by atoms with Gasteiger partial charge in [-0.1, -0.05) is 0 Å². The van der Waals surface area contributed by atoms with Crippen molar-refractivity contribution >= 4 is 44.6 Å². The monoisotopic (exact) mass is 399 g/mol. The molecule has 0 aliphatic carbocycles. The van der Waals surface area contributed by atoms with Gasteiger partial charge in [0.2, 0.25) is 0 Å². The Bertz CT molecular complexity index is 721. The fraction of sp³-hybridized carbons (Fsp3) is 0.231. The average Bonchev–Trinajstić information content (AvgIpc) is 2.93. The van der Waals surface area contributed by atoms with Crippen molar-refractivity contribution in [1.82, 2.24) is 15.1 Å². The molecule has 1 aromatic heterocycles. The van der Waals surface area contributed by atoms with Gasteiger partial charge in [-0.2, -0.15) is 5.10 Å². The molecule has 0 fully saturated rings. The van der Waals surface area contributed by atoms with Crippen LogP contribution in [-0.2, 0) is 6.54 Å². The number of halogens is 1. The van der Waals surface area contributed by atoms with Gasteiger partial charge >= 0.3 is 0 Å². The molecule has 8 nitrogen and oxygen atoms in total. The zero-order chi connectivity index (χ0) is 16.8. The maximum absolute atomic E-state index is 10.8. The van der Waals surface area contributed by atoms with Gasteiger partial charge in [-0.25, -0.2) is 0 Å². The molecule has 0 amide bonds. The molecule has 0 atom stereocenters. The second-order valence-corrected chi connectivity index (χ2v) is 5.77. The van der Waals surface area contributed by atoms with Gasteiger partial charge in [0, 0.05) is 18.8 Å². The van der Waals surface area contributed by atoms with Crippen molar-refractivity contribution in [2.45, 2.75) is 6.54 Å². The lowest BCUT2D eigenvalue weighted by molar-refractivity contribution is -0.384. The molecule has 2 rings (SSSR count). The predicted octanol–water partition coefficient (Wildman–Crippen LogP) is 2.55. The van der Waals surface area contributed by atoms with Crippen LogP contribution in [0.2, 0.25) is 0 Å². The third-order valence-electron chi connectivity index (χ3n) is 2.87. The maximum Gasteiger partial charge on any atom is 0.273 e. The van der Waals surface area contributed by atoms with Crippen molar-refractivity contribution in [3.05, 3.63) is 45.2 Å². The molecule has 23 heavy (non-hydrogen) atoms. The number of nitrogens with one attached hydrogen (secondary N) is 2. The van der Waals surface area contributed by atoms with E-state index in [0.29, 0.717) is 29.6 Å². The standard InChI is InChI=1S/C13H14BrN5O3S/c1-22-12-6-10(19(20)21)2-3-11(12)17-13(23)15-4-5-18-8-9(14)7-16-18/h2-3,6-8H,4-5H2,1H3,(H2,15,17,23). The second kappa shape index (κ2) is 7.88. The van der Waals surface area contributed by atoms with E-state index in [9.17, 15) is 10.1 Å². The first-order valence-corrected chi connectivity index (χ1v) is 7.75. The van der Waals surface area contributed by atoms with Gasteiger partial charge in [0.1, 0.15) is 5.75 Å². The zero-order valence-corrected chi connectivity index (χ0v) is 14.6. The number of nitro benzene ring substituents is 1. The van der Waals surface area contributed by atoms with Crippen LogP contribution in [0.5, 0.6) is 5.75 Å². The minimum absolute atomic E-state index is 0.0458. The van der Waals surface area contributed by atoms with Crippen molar-refractivity contribution in [1.29, 1.82) is 0 Å². The van der Waals surface area contributed by atoms with E-state index in [4.69, 9.17) is 17.0 Å². The topological polar surface area (TPSA) is 94.3 Å². The number of aromatic nitrogens is 2. The quantitative estimate of drug-likeness (QED) is 0.437. The SMILES string of the molecule is COc1cc([N+](=O)[O-])ccc1NC(=S)NCCn1cc(Br)cn1. The van der Waals surface area contributed by atoms with Crippen LogP contribution in [-0.4, -0.2) is 33.5 Å². The zero-order valence-electron chi connectivity index (χ0n) is 12.2. The van der Waals surface area contributed by atoms with E-state index in [-0.39, 0.29) is 5.69 Å². The lowest BCUT2D eigenvalue weighted by atomic mass is 10.2. The van der Waals surface area contributed by atoms with E-state index in [1.165, 1.54) is 19.2 Å². The Kier molecular flexibility index (Phi) is 5.88. The van der Waals surface area contributed by atoms with Crippen LogP contribution in [0.25, 0.3) is 0 Å². The number of nitrogens with zero attached hydrogens (tertiary/aromatic N) is 3. The lowest BCUT2D eigenvalue weighted by Gasteiger charge is -2.13. The summed E-state index contributed by atoms with van der Waals surface area (Å²) in [6.07, 6.45) is 3.57. The molecule has 2 N–H and O–H groups in total. The number of non-ortho nitro benzene ring substituents is 1. The van der Waals surface area contributed by atoms with Crippen LogP contribution in [0.3, 0.4) is 0 Å². The highest BCUT2D eigenvalue weighted by molar-refractivity contribution is 9.10. The Balaban J connectivity index is 1.90. The average molecular weight is 400 g/mol. The van der Waals surface area contributed by atoms with E-state index in [2.05, 4.69) is 31.7 Å². The van der Waals surface area contributed by atoms with Gasteiger partial charge in [-0.3, -0.25) is 14.8 Å². The first-order chi connectivity index (χ1) is 11.0. The number of hydrogen-bond acceptors (Lipinski definition) is 5. The number of benzene rings is 1.